The fourth-order valence-electron chi connectivity index (χ4n) is 6.64. The number of amides is 4. The molecule has 0 radical (unpaired) electrons. The smallest absolute Gasteiger partial charge is 0.333 e. The molecule has 0 aromatic heterocycles. The number of nitrogens with one attached hydrogen (secondary N) is 2. The fraction of sp³-hybridized carbons (Fsp3) is 0.587. The second-order valence-corrected chi connectivity index (χ2v) is 15.2. The second kappa shape index (κ2) is 30.0. The number of hydrogen-bond donors (Lipinski definition) is 2. The topological polar surface area (TPSA) is 174 Å². The van der Waals surface area contributed by atoms with Crippen LogP contribution in [0.4, 0.5) is 0 Å². The van der Waals surface area contributed by atoms with Crippen LogP contribution in [0.1, 0.15) is 159 Å². The molecule has 2 aromatic rings. The number of benzene rings is 2. The third kappa shape index (κ3) is 22.6. The summed E-state index contributed by atoms with van der Waals surface area (Å²) in [5, 5.41) is 6.03. The average Bonchev–Trinajstić information content (AvgIpc) is 3.56. The van der Waals surface area contributed by atoms with Gasteiger partial charge >= 0.3 is 17.9 Å². The van der Waals surface area contributed by atoms with E-state index < -0.39 is 29.8 Å². The lowest BCUT2D eigenvalue weighted by Gasteiger charge is -2.18. The molecule has 1 aliphatic heterocycles. The molecule has 13 heteroatoms. The number of carbonyl (C=O) groups excluding carboxylic acids is 7. The Balaban J connectivity index is 1.18. The quantitative estimate of drug-likeness (QED) is 0.0420. The van der Waals surface area contributed by atoms with E-state index in [1.807, 2.05) is 60.7 Å². The Labute approximate surface area is 349 Å². The lowest BCUT2D eigenvalue weighted by atomic mass is 10.0. The summed E-state index contributed by atoms with van der Waals surface area (Å²) < 4.78 is 10.9. The van der Waals surface area contributed by atoms with Crippen molar-refractivity contribution in [2.75, 3.05) is 6.54 Å². The van der Waals surface area contributed by atoms with Crippen LogP contribution in [0, 0.1) is 0 Å². The summed E-state index contributed by atoms with van der Waals surface area (Å²) in [5.74, 6) is -3.20. The van der Waals surface area contributed by atoms with Crippen LogP contribution in [-0.2, 0) is 61.1 Å². The predicted octanol–water partition coefficient (Wildman–Crippen LogP) is 7.87. The van der Waals surface area contributed by atoms with Crippen LogP contribution < -0.4 is 10.6 Å². The maximum absolute atomic E-state index is 13.0. The van der Waals surface area contributed by atoms with Crippen molar-refractivity contribution in [3.63, 3.8) is 0 Å². The van der Waals surface area contributed by atoms with Crippen LogP contribution >= 0.6 is 0 Å². The Morgan fingerprint density at radius 3 is 1.56 bits per heavy atom. The molecule has 13 nitrogen and oxygen atoms in total. The second-order valence-electron chi connectivity index (χ2n) is 15.2. The molecule has 1 atom stereocenters. The maximum atomic E-state index is 13.0. The van der Waals surface area contributed by atoms with E-state index in [9.17, 15) is 33.6 Å². The Hall–Kier alpha value is -5.07. The molecule has 4 amide bonds. The molecule has 2 N–H and O–H groups in total. The van der Waals surface area contributed by atoms with E-state index >= 15 is 0 Å². The van der Waals surface area contributed by atoms with Crippen LogP contribution in [0.3, 0.4) is 0 Å². The average molecular weight is 820 g/mol. The van der Waals surface area contributed by atoms with Crippen LogP contribution in [0.15, 0.2) is 60.7 Å². The molecule has 3 rings (SSSR count). The van der Waals surface area contributed by atoms with E-state index in [1.165, 1.54) is 44.9 Å². The fourth-order valence-corrected chi connectivity index (χ4v) is 6.64. The van der Waals surface area contributed by atoms with Crippen molar-refractivity contribution in [1.29, 1.82) is 0 Å². The van der Waals surface area contributed by atoms with E-state index in [-0.39, 0.29) is 50.1 Å². The number of esters is 2. The van der Waals surface area contributed by atoms with Gasteiger partial charge in [0, 0.05) is 38.6 Å². The molecular formula is C46H65N3O10. The first-order valence-corrected chi connectivity index (χ1v) is 21.7. The van der Waals surface area contributed by atoms with Crippen molar-refractivity contribution in [1.82, 2.24) is 15.7 Å². The molecule has 324 valence electrons. The van der Waals surface area contributed by atoms with Gasteiger partial charge in [0.05, 0.1) is 6.42 Å². The van der Waals surface area contributed by atoms with Gasteiger partial charge in [0.15, 0.2) is 0 Å². The van der Waals surface area contributed by atoms with Gasteiger partial charge in [-0.25, -0.2) is 9.59 Å². The summed E-state index contributed by atoms with van der Waals surface area (Å²) in [4.78, 5) is 89.9. The van der Waals surface area contributed by atoms with E-state index in [4.69, 9.17) is 14.3 Å². The summed E-state index contributed by atoms with van der Waals surface area (Å²) in [7, 11) is 0. The lowest BCUT2D eigenvalue weighted by molar-refractivity contribution is -0.197. The number of hydroxylamine groups is 2. The highest BCUT2D eigenvalue weighted by Crippen LogP contribution is 2.16. The number of imide groups is 1. The molecule has 1 heterocycles. The van der Waals surface area contributed by atoms with Crippen LogP contribution in [0.5, 0.6) is 0 Å². The number of nitrogens with zero attached hydrogens (tertiary/aromatic N) is 1. The van der Waals surface area contributed by atoms with E-state index in [2.05, 4.69) is 10.6 Å². The van der Waals surface area contributed by atoms with E-state index in [0.717, 1.165) is 56.1 Å². The van der Waals surface area contributed by atoms with Crippen molar-refractivity contribution >= 4 is 41.5 Å². The van der Waals surface area contributed by atoms with Crippen LogP contribution in [0.25, 0.3) is 0 Å². The standard InChI is InChI=1S/C46H65N3O10/c50-40(30-33-45(55)59-49-42(52)31-32-43(49)53)47-34-22-21-27-39(46(56)58-36-38-25-17-14-18-26-38)48-41(51)28-19-11-9-7-5-3-1-2-4-6-8-10-12-20-29-44(54)57-35-37-23-15-13-16-24-37/h13-18,23-26,39H,1-12,19-22,27-36H2,(H,47,50)(H,48,51). The molecule has 1 fully saturated rings. The minimum absolute atomic E-state index is 0.00665. The molecule has 1 saturated heterocycles. The first-order valence-electron chi connectivity index (χ1n) is 21.7. The number of unbranched alkanes of at least 4 members (excludes halogenated alkanes) is 14. The maximum Gasteiger partial charge on any atom is 0.333 e. The zero-order chi connectivity index (χ0) is 42.3. The first-order chi connectivity index (χ1) is 28.7. The first kappa shape index (κ1) is 48.3. The highest BCUT2D eigenvalue weighted by atomic mass is 16.7. The van der Waals surface area contributed by atoms with Gasteiger partial charge in [0.1, 0.15) is 19.3 Å². The van der Waals surface area contributed by atoms with Crippen molar-refractivity contribution in [2.45, 2.75) is 167 Å². The number of ether oxygens (including phenoxy) is 2. The number of carbonyl (C=O) groups is 7. The Bertz CT molecular complexity index is 1550. The van der Waals surface area contributed by atoms with Gasteiger partial charge in [-0.05, 0) is 43.2 Å². The zero-order valence-corrected chi connectivity index (χ0v) is 34.8. The molecule has 2 aromatic carbocycles. The highest BCUT2D eigenvalue weighted by Gasteiger charge is 2.32. The Kier molecular flexibility index (Phi) is 24.6. The minimum atomic E-state index is -0.842. The van der Waals surface area contributed by atoms with E-state index in [0.29, 0.717) is 50.3 Å². The van der Waals surface area contributed by atoms with Crippen molar-refractivity contribution in [3.8, 4) is 0 Å². The van der Waals surface area contributed by atoms with Gasteiger partial charge in [-0.15, -0.1) is 5.06 Å². The van der Waals surface area contributed by atoms with Gasteiger partial charge in [0.2, 0.25) is 11.8 Å². The molecule has 1 aliphatic rings. The minimum Gasteiger partial charge on any atom is -0.461 e. The van der Waals surface area contributed by atoms with Gasteiger partial charge < -0.3 is 24.9 Å². The normalized spacial score (nSPS) is 12.8. The summed E-state index contributed by atoms with van der Waals surface area (Å²) >= 11 is 0. The summed E-state index contributed by atoms with van der Waals surface area (Å²) in [6.45, 7) is 0.745. The Morgan fingerprint density at radius 2 is 1.02 bits per heavy atom. The Morgan fingerprint density at radius 1 is 0.525 bits per heavy atom. The van der Waals surface area contributed by atoms with E-state index in [1.54, 1.807) is 0 Å². The molecule has 0 saturated carbocycles. The van der Waals surface area contributed by atoms with Crippen molar-refractivity contribution < 1.29 is 47.9 Å². The van der Waals surface area contributed by atoms with Gasteiger partial charge in [-0.2, -0.15) is 0 Å². The molecule has 59 heavy (non-hydrogen) atoms. The molecule has 0 aliphatic carbocycles. The number of rotatable bonds is 32. The molecule has 0 spiro atoms. The summed E-state index contributed by atoms with van der Waals surface area (Å²) in [6.07, 6.45) is 17.4. The zero-order valence-electron chi connectivity index (χ0n) is 34.8. The molecule has 0 bridgehead atoms. The van der Waals surface area contributed by atoms with Crippen LogP contribution in [-0.4, -0.2) is 59.2 Å². The molecular weight excluding hydrogens is 755 g/mol. The molecule has 1 unspecified atom stereocenters. The van der Waals surface area contributed by atoms with Crippen molar-refractivity contribution in [3.05, 3.63) is 71.8 Å². The van der Waals surface area contributed by atoms with Gasteiger partial charge in [0.25, 0.3) is 11.8 Å². The van der Waals surface area contributed by atoms with Gasteiger partial charge in [-0.1, -0.05) is 138 Å². The third-order valence-corrected chi connectivity index (χ3v) is 10.1. The summed E-state index contributed by atoms with van der Waals surface area (Å²) in [5.41, 5.74) is 1.86. The number of hydrogen-bond acceptors (Lipinski definition) is 10. The van der Waals surface area contributed by atoms with Gasteiger partial charge in [-0.3, -0.25) is 24.0 Å². The predicted molar refractivity (Wildman–Crippen MR) is 222 cm³/mol. The third-order valence-electron chi connectivity index (χ3n) is 10.1. The monoisotopic (exact) mass is 819 g/mol. The lowest BCUT2D eigenvalue weighted by Crippen LogP contribution is -2.41. The highest BCUT2D eigenvalue weighted by molar-refractivity contribution is 6.01. The van der Waals surface area contributed by atoms with Crippen molar-refractivity contribution in [2.24, 2.45) is 0 Å². The largest absolute Gasteiger partial charge is 0.461 e. The van der Waals surface area contributed by atoms with Crippen LogP contribution in [0.2, 0.25) is 0 Å². The summed E-state index contributed by atoms with van der Waals surface area (Å²) in [6, 6.07) is 18.3. The SMILES string of the molecule is O=C(CCC(=O)ON1C(=O)CCC1=O)NCCCCC(NC(=O)CCCCCCCCCCCCCCCCC(=O)OCc1ccccc1)C(=O)OCc1ccccc1.